The Morgan fingerprint density at radius 2 is 1.66 bits per heavy atom. The molecule has 0 spiro atoms. The summed E-state index contributed by atoms with van der Waals surface area (Å²) < 4.78 is 38.1. The van der Waals surface area contributed by atoms with E-state index in [1.807, 2.05) is 18.2 Å². The molecule has 212 valence electrons. The molecule has 1 aliphatic heterocycles. The molecule has 9 nitrogen and oxygen atoms in total. The van der Waals surface area contributed by atoms with Gasteiger partial charge in [0.15, 0.2) is 0 Å². The van der Waals surface area contributed by atoms with E-state index in [1.165, 1.54) is 67.5 Å². The van der Waals surface area contributed by atoms with Crippen molar-refractivity contribution in [2.75, 3.05) is 30.8 Å². The molecule has 5 rings (SSSR count). The maximum absolute atomic E-state index is 13.2. The SMILES string of the molecule is COC(=O)c1c(NC(=O)c2ccc(NS(=O)(=O)c3ccc(OC)cc3)cc2)sc2c1CCN(Cc1ccccc1)C2. The van der Waals surface area contributed by atoms with Gasteiger partial charge in [-0.3, -0.25) is 14.4 Å². The number of carbonyl (C=O) groups is 2. The first kappa shape index (κ1) is 28.3. The van der Waals surface area contributed by atoms with Gasteiger partial charge in [0.05, 0.1) is 24.7 Å². The minimum absolute atomic E-state index is 0.0828. The smallest absolute Gasteiger partial charge is 0.341 e. The molecule has 1 aromatic heterocycles. The summed E-state index contributed by atoms with van der Waals surface area (Å²) in [4.78, 5) is 29.3. The van der Waals surface area contributed by atoms with Crippen molar-refractivity contribution in [2.24, 2.45) is 0 Å². The lowest BCUT2D eigenvalue weighted by molar-refractivity contribution is 0.0600. The van der Waals surface area contributed by atoms with Gasteiger partial charge in [0.1, 0.15) is 10.8 Å². The summed E-state index contributed by atoms with van der Waals surface area (Å²) in [6, 6.07) is 22.3. The summed E-state index contributed by atoms with van der Waals surface area (Å²) in [7, 11) is -0.994. The number of nitrogens with zero attached hydrogens (tertiary/aromatic N) is 1. The fourth-order valence-electron chi connectivity index (χ4n) is 4.67. The normalized spacial score (nSPS) is 13.2. The molecular formula is C30H29N3O6S2. The quantitative estimate of drug-likeness (QED) is 0.259. The zero-order valence-electron chi connectivity index (χ0n) is 22.5. The average Bonchev–Trinajstić information content (AvgIpc) is 3.34. The third-order valence-electron chi connectivity index (χ3n) is 6.77. The molecule has 3 aromatic carbocycles. The van der Waals surface area contributed by atoms with Gasteiger partial charge in [-0.2, -0.15) is 0 Å². The highest BCUT2D eigenvalue weighted by atomic mass is 32.2. The highest BCUT2D eigenvalue weighted by Gasteiger charge is 2.29. The summed E-state index contributed by atoms with van der Waals surface area (Å²) in [6.45, 7) is 2.24. The van der Waals surface area contributed by atoms with Gasteiger partial charge in [-0.1, -0.05) is 30.3 Å². The average molecular weight is 592 g/mol. The molecule has 1 amide bonds. The number of carbonyl (C=O) groups excluding carboxylic acids is 2. The number of ether oxygens (including phenoxy) is 2. The van der Waals surface area contributed by atoms with Gasteiger partial charge >= 0.3 is 5.97 Å². The Morgan fingerprint density at radius 3 is 2.32 bits per heavy atom. The first-order valence-corrected chi connectivity index (χ1v) is 15.1. The first-order chi connectivity index (χ1) is 19.8. The van der Waals surface area contributed by atoms with E-state index in [-0.39, 0.29) is 4.90 Å². The molecule has 0 fully saturated rings. The number of fused-ring (bicyclic) bond motifs is 1. The number of hydrogen-bond donors (Lipinski definition) is 2. The van der Waals surface area contributed by atoms with Crippen LogP contribution in [-0.4, -0.2) is 46.0 Å². The largest absolute Gasteiger partial charge is 0.497 e. The summed E-state index contributed by atoms with van der Waals surface area (Å²) in [5, 5.41) is 3.32. The standard InChI is InChI=1S/C30H29N3O6S2/c1-38-23-12-14-24(15-13-23)41(36,37)32-22-10-8-21(9-11-22)28(34)31-29-27(30(35)39-2)25-16-17-33(19-26(25)40-29)18-20-6-4-3-5-7-20/h3-15,32H,16-19H2,1-2H3,(H,31,34). The summed E-state index contributed by atoms with van der Waals surface area (Å²) in [5.41, 5.74) is 3.13. The number of methoxy groups -OCH3 is 2. The number of nitrogens with one attached hydrogen (secondary N) is 2. The number of rotatable bonds is 9. The predicted octanol–water partition coefficient (Wildman–Crippen LogP) is 5.15. The lowest BCUT2D eigenvalue weighted by Crippen LogP contribution is -2.29. The number of amides is 1. The van der Waals surface area contributed by atoms with Gasteiger partial charge in [-0.15, -0.1) is 11.3 Å². The summed E-state index contributed by atoms with van der Waals surface area (Å²) in [5.74, 6) is -0.358. The highest BCUT2D eigenvalue weighted by molar-refractivity contribution is 7.92. The van der Waals surface area contributed by atoms with Crippen molar-refractivity contribution in [3.8, 4) is 5.75 Å². The molecule has 0 atom stereocenters. The number of benzene rings is 3. The molecule has 0 aliphatic carbocycles. The van der Waals surface area contributed by atoms with E-state index in [0.29, 0.717) is 40.5 Å². The Kier molecular flexibility index (Phi) is 8.39. The fourth-order valence-corrected chi connectivity index (χ4v) is 7.00. The molecule has 0 unspecified atom stereocenters. The number of sulfonamides is 1. The van der Waals surface area contributed by atoms with E-state index in [2.05, 4.69) is 27.1 Å². The van der Waals surface area contributed by atoms with E-state index >= 15 is 0 Å². The number of hydrogen-bond acceptors (Lipinski definition) is 8. The minimum atomic E-state index is -3.82. The molecular weight excluding hydrogens is 562 g/mol. The highest BCUT2D eigenvalue weighted by Crippen LogP contribution is 2.38. The van der Waals surface area contributed by atoms with Gasteiger partial charge in [-0.25, -0.2) is 13.2 Å². The number of thiophene rings is 1. The first-order valence-electron chi connectivity index (χ1n) is 12.8. The zero-order valence-corrected chi connectivity index (χ0v) is 24.2. The van der Waals surface area contributed by atoms with E-state index in [1.54, 1.807) is 12.1 Å². The van der Waals surface area contributed by atoms with E-state index in [4.69, 9.17) is 9.47 Å². The van der Waals surface area contributed by atoms with Crippen LogP contribution in [0.15, 0.2) is 83.8 Å². The number of anilines is 2. The van der Waals surface area contributed by atoms with Crippen molar-refractivity contribution in [3.05, 3.63) is 106 Å². The monoisotopic (exact) mass is 591 g/mol. The van der Waals surface area contributed by atoms with Crippen LogP contribution in [0.25, 0.3) is 0 Å². The van der Waals surface area contributed by atoms with Gasteiger partial charge < -0.3 is 14.8 Å². The zero-order chi connectivity index (χ0) is 29.0. The maximum Gasteiger partial charge on any atom is 0.341 e. The molecule has 0 radical (unpaired) electrons. The van der Waals surface area contributed by atoms with E-state index in [9.17, 15) is 18.0 Å². The summed E-state index contributed by atoms with van der Waals surface area (Å²) in [6.07, 6.45) is 0.669. The van der Waals surface area contributed by atoms with Crippen LogP contribution in [0.5, 0.6) is 5.75 Å². The molecule has 2 N–H and O–H groups in total. The Morgan fingerprint density at radius 1 is 0.951 bits per heavy atom. The van der Waals surface area contributed by atoms with Gasteiger partial charge in [0, 0.05) is 35.8 Å². The predicted molar refractivity (Wildman–Crippen MR) is 158 cm³/mol. The topological polar surface area (TPSA) is 114 Å². The van der Waals surface area contributed by atoms with Crippen molar-refractivity contribution >= 4 is 43.9 Å². The Balaban J connectivity index is 1.30. The van der Waals surface area contributed by atoms with E-state index < -0.39 is 21.9 Å². The summed E-state index contributed by atoms with van der Waals surface area (Å²) >= 11 is 1.38. The third kappa shape index (κ3) is 6.43. The van der Waals surface area contributed by atoms with Crippen LogP contribution in [0.4, 0.5) is 10.7 Å². The Bertz CT molecular complexity index is 1650. The van der Waals surface area contributed by atoms with Crippen LogP contribution < -0.4 is 14.8 Å². The van der Waals surface area contributed by atoms with Crippen LogP contribution >= 0.6 is 11.3 Å². The van der Waals surface area contributed by atoms with Crippen LogP contribution in [0.2, 0.25) is 0 Å². The van der Waals surface area contributed by atoms with Crippen LogP contribution in [0.1, 0.15) is 36.7 Å². The molecule has 11 heteroatoms. The fraction of sp³-hybridized carbons (Fsp3) is 0.200. The van der Waals surface area contributed by atoms with Gasteiger partial charge in [0.2, 0.25) is 0 Å². The lowest BCUT2D eigenvalue weighted by atomic mass is 10.0. The molecule has 0 saturated carbocycles. The number of esters is 1. The van der Waals surface area contributed by atoms with Gasteiger partial charge in [0.25, 0.3) is 15.9 Å². The van der Waals surface area contributed by atoms with Crippen LogP contribution in [-0.2, 0) is 34.3 Å². The second-order valence-electron chi connectivity index (χ2n) is 9.46. The van der Waals surface area contributed by atoms with Gasteiger partial charge in [-0.05, 0) is 66.1 Å². The van der Waals surface area contributed by atoms with Crippen molar-refractivity contribution in [2.45, 2.75) is 24.4 Å². The molecule has 41 heavy (non-hydrogen) atoms. The molecule has 1 aliphatic rings. The van der Waals surface area contributed by atoms with Crippen molar-refractivity contribution < 1.29 is 27.5 Å². The molecule has 0 bridgehead atoms. The van der Waals surface area contributed by atoms with Crippen molar-refractivity contribution in [3.63, 3.8) is 0 Å². The molecule has 4 aromatic rings. The second kappa shape index (κ2) is 12.1. The molecule has 2 heterocycles. The van der Waals surface area contributed by atoms with Crippen molar-refractivity contribution in [1.82, 2.24) is 4.90 Å². The lowest BCUT2D eigenvalue weighted by Gasteiger charge is -2.27. The van der Waals surface area contributed by atoms with E-state index in [0.717, 1.165) is 23.5 Å². The second-order valence-corrected chi connectivity index (χ2v) is 12.2. The molecule has 0 saturated heterocycles. The Labute approximate surface area is 242 Å². The maximum atomic E-state index is 13.2. The minimum Gasteiger partial charge on any atom is -0.497 e. The van der Waals surface area contributed by atoms with Crippen LogP contribution in [0.3, 0.4) is 0 Å². The third-order valence-corrected chi connectivity index (χ3v) is 9.30. The van der Waals surface area contributed by atoms with Crippen molar-refractivity contribution in [1.29, 1.82) is 0 Å². The Hall–Kier alpha value is -4.19. The van der Waals surface area contributed by atoms with Crippen LogP contribution in [0, 0.1) is 0 Å².